The van der Waals surface area contributed by atoms with Crippen LogP contribution in [-0.2, 0) is 14.3 Å². The van der Waals surface area contributed by atoms with Crippen LogP contribution in [0.2, 0.25) is 0 Å². The molecule has 0 aromatic heterocycles. The van der Waals surface area contributed by atoms with E-state index in [1.54, 1.807) is 0 Å². The molecule has 0 aliphatic heterocycles. The van der Waals surface area contributed by atoms with E-state index in [4.69, 9.17) is 9.84 Å². The molecule has 2 rings (SSSR count). The molecule has 2 N–H and O–H groups in total. The number of carbonyl (C=O) groups excluding carboxylic acids is 2. The molecule has 0 heterocycles. The molecule has 2 saturated carbocycles. The first-order valence-corrected chi connectivity index (χ1v) is 12.6. The van der Waals surface area contributed by atoms with Gasteiger partial charge in [-0.25, -0.2) is 0 Å². The largest absolute Gasteiger partial charge is 0.396 e. The average Bonchev–Trinajstić information content (AvgIpc) is 2.78. The van der Waals surface area contributed by atoms with Gasteiger partial charge in [0.05, 0.1) is 6.10 Å². The van der Waals surface area contributed by atoms with E-state index in [9.17, 15) is 9.59 Å². The Morgan fingerprint density at radius 1 is 1.03 bits per heavy atom. The van der Waals surface area contributed by atoms with Crippen molar-refractivity contribution in [3.8, 4) is 0 Å². The van der Waals surface area contributed by atoms with Crippen molar-refractivity contribution in [1.29, 1.82) is 0 Å². The number of aliphatic hydroxyl groups excluding tert-OH is 1. The number of hydrogen-bond acceptors (Lipinski definition) is 4. The van der Waals surface area contributed by atoms with Gasteiger partial charge >= 0.3 is 0 Å². The first-order valence-electron chi connectivity index (χ1n) is 12.6. The number of carbonyl (C=O) groups is 2. The Labute approximate surface area is 186 Å². The van der Waals surface area contributed by atoms with Crippen molar-refractivity contribution in [2.45, 2.75) is 123 Å². The third kappa shape index (κ3) is 11.5. The molecule has 1 atom stereocenters. The van der Waals surface area contributed by atoms with Gasteiger partial charge in [0.25, 0.3) is 0 Å². The van der Waals surface area contributed by atoms with Crippen LogP contribution in [0.3, 0.4) is 0 Å². The van der Waals surface area contributed by atoms with Gasteiger partial charge in [-0.2, -0.15) is 0 Å². The highest BCUT2D eigenvalue weighted by atomic mass is 16.5. The van der Waals surface area contributed by atoms with Crippen LogP contribution >= 0.6 is 0 Å². The van der Waals surface area contributed by atoms with Crippen molar-refractivity contribution in [3.05, 3.63) is 0 Å². The summed E-state index contributed by atoms with van der Waals surface area (Å²) in [5.74, 6) is 0.961. The molecular weight excluding hydrogens is 378 g/mol. The van der Waals surface area contributed by atoms with E-state index in [0.29, 0.717) is 31.5 Å². The maximum Gasteiger partial charge on any atom is 0.220 e. The molecule has 0 spiro atoms. The number of amides is 1. The molecular formula is C25H49NO4. The van der Waals surface area contributed by atoms with Crippen LogP contribution in [-0.4, -0.2) is 42.2 Å². The summed E-state index contributed by atoms with van der Waals surface area (Å²) >= 11 is 0. The van der Waals surface area contributed by atoms with E-state index in [0.717, 1.165) is 51.4 Å². The minimum Gasteiger partial charge on any atom is -0.396 e. The first kappa shape index (κ1) is 27.1. The fraction of sp³-hybridized carbons (Fsp3) is 0.920. The lowest BCUT2D eigenvalue weighted by atomic mass is 9.79. The number of nitrogens with one attached hydrogen (secondary N) is 1. The van der Waals surface area contributed by atoms with Gasteiger partial charge < -0.3 is 15.2 Å². The number of rotatable bonds is 11. The summed E-state index contributed by atoms with van der Waals surface area (Å²) in [6.45, 7) is 7.21. The molecule has 0 bridgehead atoms. The topological polar surface area (TPSA) is 75.6 Å². The number of hydrogen-bond donors (Lipinski definition) is 2. The van der Waals surface area contributed by atoms with E-state index < -0.39 is 0 Å². The second-order valence-corrected chi connectivity index (χ2v) is 9.14. The predicted molar refractivity (Wildman–Crippen MR) is 125 cm³/mol. The molecule has 1 unspecified atom stereocenters. The van der Waals surface area contributed by atoms with Crippen LogP contribution in [0.1, 0.15) is 112 Å². The average molecular weight is 428 g/mol. The zero-order valence-electron chi connectivity index (χ0n) is 19.8. The van der Waals surface area contributed by atoms with Crippen molar-refractivity contribution in [2.24, 2.45) is 11.8 Å². The molecule has 0 aromatic carbocycles. The van der Waals surface area contributed by atoms with Gasteiger partial charge in [0.15, 0.2) is 0 Å². The quantitative estimate of drug-likeness (QED) is 0.431. The molecule has 30 heavy (non-hydrogen) atoms. The van der Waals surface area contributed by atoms with Crippen LogP contribution in [0.25, 0.3) is 0 Å². The summed E-state index contributed by atoms with van der Waals surface area (Å²) in [5, 5.41) is 11.2. The Kier molecular flexibility index (Phi) is 15.1. The third-order valence-electron chi connectivity index (χ3n) is 6.56. The number of ether oxygens (including phenoxy) is 1. The van der Waals surface area contributed by atoms with Gasteiger partial charge in [-0.15, -0.1) is 0 Å². The van der Waals surface area contributed by atoms with Gasteiger partial charge in [-0.1, -0.05) is 46.5 Å². The fourth-order valence-corrected chi connectivity index (χ4v) is 4.30. The Balaban J connectivity index is 0.00000135. The molecule has 2 aliphatic rings. The van der Waals surface area contributed by atoms with E-state index in [1.165, 1.54) is 32.1 Å². The zero-order chi connectivity index (χ0) is 22.2. The second kappa shape index (κ2) is 16.7. The van der Waals surface area contributed by atoms with Gasteiger partial charge in [0, 0.05) is 38.9 Å². The van der Waals surface area contributed by atoms with Crippen LogP contribution in [0.5, 0.6) is 0 Å². The molecule has 178 valence electrons. The maximum absolute atomic E-state index is 12.3. The van der Waals surface area contributed by atoms with Crippen LogP contribution < -0.4 is 5.32 Å². The second-order valence-electron chi connectivity index (χ2n) is 9.14. The van der Waals surface area contributed by atoms with Crippen molar-refractivity contribution in [2.75, 3.05) is 13.2 Å². The van der Waals surface area contributed by atoms with Gasteiger partial charge in [-0.3, -0.25) is 9.59 Å². The maximum atomic E-state index is 12.3. The standard InChI is InChI=1S/C21H37NO3.C4H10O.H2/c1-3-16(2)21(24)17-11-13-18(14-12-17)22-20(23)10-7-15-25-19-8-5-4-6-9-19;1-2-3-4-5;/h16-19H,3-15H2,1-2H3,(H,22,23);5H,2-4H2,1H3;1H. The van der Waals surface area contributed by atoms with E-state index >= 15 is 0 Å². The highest BCUT2D eigenvalue weighted by Crippen LogP contribution is 2.28. The summed E-state index contributed by atoms with van der Waals surface area (Å²) in [7, 11) is 0. The number of aliphatic hydroxyl groups is 1. The SMILES string of the molecule is CCC(C)C(=O)C1CCC(NC(=O)CCCOC2CCCCC2)CC1.CCCCO.[HH]. The lowest BCUT2D eigenvalue weighted by molar-refractivity contribution is -0.127. The highest BCUT2D eigenvalue weighted by Gasteiger charge is 2.28. The summed E-state index contributed by atoms with van der Waals surface area (Å²) in [6, 6.07) is 0.257. The molecule has 0 radical (unpaired) electrons. The number of ketones is 1. The molecule has 5 heteroatoms. The zero-order valence-corrected chi connectivity index (χ0v) is 19.8. The molecule has 5 nitrogen and oxygen atoms in total. The lowest BCUT2D eigenvalue weighted by Crippen LogP contribution is -2.39. The minimum atomic E-state index is 0. The molecule has 2 aliphatic carbocycles. The summed E-state index contributed by atoms with van der Waals surface area (Å²) < 4.78 is 5.88. The molecule has 0 aromatic rings. The van der Waals surface area contributed by atoms with Crippen LogP contribution in [0.15, 0.2) is 0 Å². The fourth-order valence-electron chi connectivity index (χ4n) is 4.30. The van der Waals surface area contributed by atoms with Crippen molar-refractivity contribution in [3.63, 3.8) is 0 Å². The molecule has 1 amide bonds. The third-order valence-corrected chi connectivity index (χ3v) is 6.56. The summed E-state index contributed by atoms with van der Waals surface area (Å²) in [4.78, 5) is 24.4. The first-order chi connectivity index (χ1) is 14.5. The Morgan fingerprint density at radius 2 is 1.70 bits per heavy atom. The summed E-state index contributed by atoms with van der Waals surface area (Å²) in [6.07, 6.45) is 14.8. The minimum absolute atomic E-state index is 0. The lowest BCUT2D eigenvalue weighted by Gasteiger charge is -2.29. The van der Waals surface area contributed by atoms with Crippen molar-refractivity contribution in [1.82, 2.24) is 5.32 Å². The van der Waals surface area contributed by atoms with E-state index in [1.807, 2.05) is 6.92 Å². The highest BCUT2D eigenvalue weighted by molar-refractivity contribution is 5.83. The summed E-state index contributed by atoms with van der Waals surface area (Å²) in [5.41, 5.74) is 0. The van der Waals surface area contributed by atoms with Gasteiger partial charge in [-0.05, 0) is 57.8 Å². The van der Waals surface area contributed by atoms with Crippen molar-refractivity contribution >= 4 is 11.7 Å². The van der Waals surface area contributed by atoms with Crippen molar-refractivity contribution < 1.29 is 20.9 Å². The van der Waals surface area contributed by atoms with E-state index in [-0.39, 0.29) is 25.2 Å². The smallest absolute Gasteiger partial charge is 0.220 e. The Hall–Kier alpha value is -0.940. The Morgan fingerprint density at radius 3 is 2.23 bits per heavy atom. The monoisotopic (exact) mass is 427 g/mol. The molecule has 0 saturated heterocycles. The van der Waals surface area contributed by atoms with Crippen LogP contribution in [0, 0.1) is 11.8 Å². The Bertz CT molecular complexity index is 458. The number of Topliss-reactive ketones (excluding diaryl/α,β-unsaturated/α-hetero) is 1. The van der Waals surface area contributed by atoms with E-state index in [2.05, 4.69) is 19.2 Å². The van der Waals surface area contributed by atoms with Crippen LogP contribution in [0.4, 0.5) is 0 Å². The normalized spacial score (nSPS) is 23.2. The van der Waals surface area contributed by atoms with Gasteiger partial charge in [0.1, 0.15) is 5.78 Å². The predicted octanol–water partition coefficient (Wildman–Crippen LogP) is 5.43. The number of unbranched alkanes of at least 4 members (excludes halogenated alkanes) is 1. The molecule has 2 fully saturated rings. The van der Waals surface area contributed by atoms with Gasteiger partial charge in [0.2, 0.25) is 5.91 Å².